The van der Waals surface area contributed by atoms with Gasteiger partial charge in [0.25, 0.3) is 5.91 Å². The molecule has 0 aromatic heterocycles. The lowest BCUT2D eigenvalue weighted by Crippen LogP contribution is -2.35. The lowest BCUT2D eigenvalue weighted by atomic mass is 10.1. The van der Waals surface area contributed by atoms with E-state index in [1.165, 1.54) is 4.90 Å². The first kappa shape index (κ1) is 13.6. The first-order chi connectivity index (χ1) is 8.54. The van der Waals surface area contributed by atoms with Gasteiger partial charge in [0.15, 0.2) is 0 Å². The molecule has 0 heterocycles. The number of hydrogen-bond acceptors (Lipinski definition) is 1. The summed E-state index contributed by atoms with van der Waals surface area (Å²) >= 11 is 11.1. The molecule has 18 heavy (non-hydrogen) atoms. The van der Waals surface area contributed by atoms with Crippen molar-refractivity contribution >= 4 is 29.1 Å². The molecule has 6 heteroatoms. The van der Waals surface area contributed by atoms with Crippen LogP contribution in [0.3, 0.4) is 0 Å². The van der Waals surface area contributed by atoms with Crippen LogP contribution in [0, 0.1) is 11.6 Å². The Balaban J connectivity index is 2.29. The molecule has 2 rings (SSSR count). The van der Waals surface area contributed by atoms with Gasteiger partial charge in [0.1, 0.15) is 11.6 Å². The van der Waals surface area contributed by atoms with E-state index < -0.39 is 17.5 Å². The van der Waals surface area contributed by atoms with E-state index in [9.17, 15) is 13.6 Å². The molecule has 0 atom stereocenters. The zero-order chi connectivity index (χ0) is 13.3. The predicted octanol–water partition coefficient (Wildman–Crippen LogP) is 3.46. The first-order valence-electron chi connectivity index (χ1n) is 5.56. The van der Waals surface area contributed by atoms with Gasteiger partial charge in [-0.2, -0.15) is 0 Å². The van der Waals surface area contributed by atoms with Crippen LogP contribution < -0.4 is 0 Å². The molecule has 0 radical (unpaired) electrons. The van der Waals surface area contributed by atoms with Gasteiger partial charge in [0, 0.05) is 18.5 Å². The standard InChI is InChI=1S/C12H11Cl2F2NO/c13-3-4-17(7-1-2-7)12(18)8-5-11(16)9(14)6-10(8)15/h5-7H,1-4H2. The molecule has 1 amide bonds. The van der Waals surface area contributed by atoms with Gasteiger partial charge in [-0.15, -0.1) is 11.6 Å². The Morgan fingerprint density at radius 3 is 2.56 bits per heavy atom. The molecule has 0 spiro atoms. The Labute approximate surface area is 113 Å². The molecule has 1 saturated carbocycles. The van der Waals surface area contributed by atoms with E-state index in [-0.39, 0.29) is 22.5 Å². The minimum Gasteiger partial charge on any atom is -0.334 e. The molecular weight excluding hydrogens is 283 g/mol. The van der Waals surface area contributed by atoms with E-state index in [1.807, 2.05) is 0 Å². The molecule has 2 nitrogen and oxygen atoms in total. The van der Waals surface area contributed by atoms with Crippen LogP contribution >= 0.6 is 23.2 Å². The number of benzene rings is 1. The molecule has 0 bridgehead atoms. The van der Waals surface area contributed by atoms with E-state index in [2.05, 4.69) is 0 Å². The zero-order valence-electron chi connectivity index (χ0n) is 9.43. The number of alkyl halides is 1. The highest BCUT2D eigenvalue weighted by Crippen LogP contribution is 2.29. The summed E-state index contributed by atoms with van der Waals surface area (Å²) in [7, 11) is 0. The number of nitrogens with zero attached hydrogens (tertiary/aromatic N) is 1. The summed E-state index contributed by atoms with van der Waals surface area (Å²) in [5.41, 5.74) is -0.297. The average molecular weight is 294 g/mol. The fourth-order valence-corrected chi connectivity index (χ4v) is 2.10. The molecule has 98 valence electrons. The number of amides is 1. The van der Waals surface area contributed by atoms with Crippen LogP contribution in [0.5, 0.6) is 0 Å². The molecule has 0 unspecified atom stereocenters. The van der Waals surface area contributed by atoms with Crippen LogP contribution in [-0.2, 0) is 0 Å². The molecule has 0 N–H and O–H groups in total. The molecule has 1 aromatic rings. The second kappa shape index (κ2) is 5.41. The average Bonchev–Trinajstić information content (AvgIpc) is 3.14. The highest BCUT2D eigenvalue weighted by molar-refractivity contribution is 6.30. The summed E-state index contributed by atoms with van der Waals surface area (Å²) in [6, 6.07) is 1.74. The van der Waals surface area contributed by atoms with Gasteiger partial charge < -0.3 is 4.90 Å². The second-order valence-corrected chi connectivity index (χ2v) is 4.95. The largest absolute Gasteiger partial charge is 0.334 e. The predicted molar refractivity (Wildman–Crippen MR) is 66.1 cm³/mol. The van der Waals surface area contributed by atoms with Gasteiger partial charge in [0.2, 0.25) is 0 Å². The number of halogens is 4. The number of carbonyl (C=O) groups is 1. The van der Waals surface area contributed by atoms with Crippen LogP contribution in [0.1, 0.15) is 23.2 Å². The first-order valence-corrected chi connectivity index (χ1v) is 6.47. The molecule has 0 aliphatic heterocycles. The van der Waals surface area contributed by atoms with Gasteiger partial charge in [0.05, 0.1) is 10.6 Å². The molecule has 1 aliphatic carbocycles. The summed E-state index contributed by atoms with van der Waals surface area (Å²) in [6.07, 6.45) is 1.75. The second-order valence-electron chi connectivity index (χ2n) is 4.16. The third kappa shape index (κ3) is 2.75. The van der Waals surface area contributed by atoms with Crippen LogP contribution in [-0.4, -0.2) is 29.3 Å². The molecule has 0 saturated heterocycles. The van der Waals surface area contributed by atoms with E-state index in [1.54, 1.807) is 0 Å². The maximum Gasteiger partial charge on any atom is 0.257 e. The van der Waals surface area contributed by atoms with Crippen molar-refractivity contribution in [3.8, 4) is 0 Å². The van der Waals surface area contributed by atoms with E-state index in [4.69, 9.17) is 23.2 Å². The van der Waals surface area contributed by atoms with Crippen molar-refractivity contribution in [2.45, 2.75) is 18.9 Å². The Kier molecular flexibility index (Phi) is 4.07. The number of rotatable bonds is 4. The van der Waals surface area contributed by atoms with Crippen LogP contribution in [0.2, 0.25) is 5.02 Å². The number of hydrogen-bond donors (Lipinski definition) is 0. The minimum atomic E-state index is -0.813. The number of carbonyl (C=O) groups excluding carboxylic acids is 1. The Morgan fingerprint density at radius 1 is 1.33 bits per heavy atom. The van der Waals surface area contributed by atoms with E-state index >= 15 is 0 Å². The van der Waals surface area contributed by atoms with Gasteiger partial charge >= 0.3 is 0 Å². The third-order valence-electron chi connectivity index (χ3n) is 2.81. The fraction of sp³-hybridized carbons (Fsp3) is 0.417. The third-order valence-corrected chi connectivity index (χ3v) is 3.27. The summed E-state index contributed by atoms with van der Waals surface area (Å²) in [5, 5.41) is -0.334. The summed E-state index contributed by atoms with van der Waals surface area (Å²) in [4.78, 5) is 13.6. The maximum atomic E-state index is 13.6. The van der Waals surface area contributed by atoms with Crippen LogP contribution in [0.15, 0.2) is 12.1 Å². The molecule has 1 aliphatic rings. The monoisotopic (exact) mass is 293 g/mol. The quantitative estimate of drug-likeness (QED) is 0.615. The summed E-state index contributed by atoms with van der Waals surface area (Å²) in [6.45, 7) is 0.328. The highest BCUT2D eigenvalue weighted by Gasteiger charge is 2.33. The van der Waals surface area contributed by atoms with Crippen LogP contribution in [0.4, 0.5) is 8.78 Å². The lowest BCUT2D eigenvalue weighted by molar-refractivity contribution is 0.0748. The van der Waals surface area contributed by atoms with Gasteiger partial charge in [-0.25, -0.2) is 8.78 Å². The topological polar surface area (TPSA) is 20.3 Å². The Hall–Kier alpha value is -0.870. The normalized spacial score (nSPS) is 14.7. The zero-order valence-corrected chi connectivity index (χ0v) is 10.9. The summed E-state index contributed by atoms with van der Waals surface area (Å²) in [5.74, 6) is -1.89. The van der Waals surface area contributed by atoms with Gasteiger partial charge in [-0.3, -0.25) is 4.79 Å². The van der Waals surface area contributed by atoms with E-state index in [0.717, 1.165) is 25.0 Å². The van der Waals surface area contributed by atoms with Crippen molar-refractivity contribution in [1.82, 2.24) is 4.90 Å². The van der Waals surface area contributed by atoms with Crippen molar-refractivity contribution in [2.75, 3.05) is 12.4 Å². The molecule has 1 aromatic carbocycles. The van der Waals surface area contributed by atoms with Crippen molar-refractivity contribution in [3.63, 3.8) is 0 Å². The fourth-order valence-electron chi connectivity index (χ4n) is 1.77. The SMILES string of the molecule is O=C(c1cc(F)c(Cl)cc1F)N(CCCl)C1CC1. The maximum absolute atomic E-state index is 13.6. The van der Waals surface area contributed by atoms with E-state index in [0.29, 0.717) is 6.54 Å². The lowest BCUT2D eigenvalue weighted by Gasteiger charge is -2.21. The van der Waals surface area contributed by atoms with Crippen LogP contribution in [0.25, 0.3) is 0 Å². The molecular formula is C12H11Cl2F2NO. The van der Waals surface area contributed by atoms with Crippen molar-refractivity contribution in [3.05, 3.63) is 34.4 Å². The highest BCUT2D eigenvalue weighted by atomic mass is 35.5. The Bertz CT molecular complexity index is 477. The minimum absolute atomic E-state index is 0.0920. The van der Waals surface area contributed by atoms with Crippen molar-refractivity contribution in [2.24, 2.45) is 0 Å². The Morgan fingerprint density at radius 2 is 2.00 bits per heavy atom. The molecule has 1 fully saturated rings. The van der Waals surface area contributed by atoms with Gasteiger partial charge in [-0.05, 0) is 25.0 Å². The van der Waals surface area contributed by atoms with Crippen molar-refractivity contribution < 1.29 is 13.6 Å². The summed E-state index contributed by atoms with van der Waals surface area (Å²) < 4.78 is 26.9. The smallest absolute Gasteiger partial charge is 0.257 e. The van der Waals surface area contributed by atoms with Gasteiger partial charge in [-0.1, -0.05) is 11.6 Å². The van der Waals surface area contributed by atoms with Crippen molar-refractivity contribution in [1.29, 1.82) is 0 Å².